The lowest BCUT2D eigenvalue weighted by Gasteiger charge is -2.08. The van der Waals surface area contributed by atoms with Gasteiger partial charge in [-0.05, 0) is 13.0 Å². The fraction of sp³-hybridized carbons (Fsp3) is 0.250. The fourth-order valence-corrected chi connectivity index (χ4v) is 0.915. The first-order valence-corrected chi connectivity index (χ1v) is 3.44. The molecule has 0 aromatic carbocycles. The Morgan fingerprint density at radius 1 is 1.46 bits per heavy atom. The Hall–Kier alpha value is -1.39. The SMILES string of the molecule is Cc1cc(C=O)c(C(F)(F)F)cn1. The van der Waals surface area contributed by atoms with Crippen LogP contribution in [0.5, 0.6) is 0 Å². The smallest absolute Gasteiger partial charge is 0.298 e. The summed E-state index contributed by atoms with van der Waals surface area (Å²) >= 11 is 0. The van der Waals surface area contributed by atoms with Crippen LogP contribution in [-0.4, -0.2) is 11.3 Å². The number of carbonyl (C=O) groups excluding carboxylic acids is 1. The Balaban J connectivity index is 3.29. The van der Waals surface area contributed by atoms with Crippen LogP contribution >= 0.6 is 0 Å². The molecule has 2 nitrogen and oxygen atoms in total. The Kier molecular flexibility index (Phi) is 2.36. The molecule has 0 amide bonds. The van der Waals surface area contributed by atoms with Crippen LogP contribution in [0.3, 0.4) is 0 Å². The zero-order chi connectivity index (χ0) is 10.1. The first-order chi connectivity index (χ1) is 5.95. The highest BCUT2D eigenvalue weighted by atomic mass is 19.4. The van der Waals surface area contributed by atoms with Crippen molar-refractivity contribution >= 4 is 6.29 Å². The molecule has 0 aliphatic rings. The van der Waals surface area contributed by atoms with Crippen molar-refractivity contribution in [3.63, 3.8) is 0 Å². The summed E-state index contributed by atoms with van der Waals surface area (Å²) in [6.45, 7) is 1.52. The molecule has 0 N–H and O–H groups in total. The van der Waals surface area contributed by atoms with Crippen molar-refractivity contribution in [3.8, 4) is 0 Å². The van der Waals surface area contributed by atoms with Crippen molar-refractivity contribution < 1.29 is 18.0 Å². The molecule has 0 bridgehead atoms. The van der Waals surface area contributed by atoms with E-state index in [1.807, 2.05) is 0 Å². The van der Waals surface area contributed by atoms with E-state index in [0.29, 0.717) is 11.9 Å². The summed E-state index contributed by atoms with van der Waals surface area (Å²) < 4.78 is 36.5. The van der Waals surface area contributed by atoms with Crippen molar-refractivity contribution in [2.75, 3.05) is 0 Å². The normalized spacial score (nSPS) is 11.4. The van der Waals surface area contributed by atoms with Crippen molar-refractivity contribution in [3.05, 3.63) is 29.1 Å². The highest BCUT2D eigenvalue weighted by Gasteiger charge is 2.33. The van der Waals surface area contributed by atoms with Gasteiger partial charge in [0.25, 0.3) is 0 Å². The molecule has 70 valence electrons. The predicted octanol–water partition coefficient (Wildman–Crippen LogP) is 2.22. The number of rotatable bonds is 1. The lowest BCUT2D eigenvalue weighted by Crippen LogP contribution is -2.09. The molecule has 5 heteroatoms. The van der Waals surface area contributed by atoms with Crippen molar-refractivity contribution in [1.29, 1.82) is 0 Å². The van der Waals surface area contributed by atoms with Gasteiger partial charge in [-0.3, -0.25) is 9.78 Å². The van der Waals surface area contributed by atoms with Crippen LogP contribution in [0, 0.1) is 6.92 Å². The van der Waals surface area contributed by atoms with Crippen LogP contribution in [0.4, 0.5) is 13.2 Å². The quantitative estimate of drug-likeness (QED) is 0.634. The Bertz CT molecular complexity index is 333. The predicted molar refractivity (Wildman–Crippen MR) is 39.4 cm³/mol. The number of nitrogens with zero attached hydrogens (tertiary/aromatic N) is 1. The number of aromatic nitrogens is 1. The maximum atomic E-state index is 12.2. The maximum absolute atomic E-state index is 12.2. The fourth-order valence-electron chi connectivity index (χ4n) is 0.915. The molecule has 0 unspecified atom stereocenters. The first kappa shape index (κ1) is 9.70. The van der Waals surface area contributed by atoms with Crippen molar-refractivity contribution in [2.45, 2.75) is 13.1 Å². The molecule has 1 aromatic rings. The van der Waals surface area contributed by atoms with Gasteiger partial charge in [0.2, 0.25) is 0 Å². The average Bonchev–Trinajstić information content (AvgIpc) is 2.01. The number of aryl methyl sites for hydroxylation is 1. The molecule has 0 aliphatic carbocycles. The van der Waals surface area contributed by atoms with E-state index in [2.05, 4.69) is 4.98 Å². The van der Waals surface area contributed by atoms with E-state index < -0.39 is 11.7 Å². The standard InChI is InChI=1S/C8H6F3NO/c1-5-2-6(4-13)7(3-12-5)8(9,10)11/h2-4H,1H3. The Labute approximate surface area is 72.4 Å². The third kappa shape index (κ3) is 2.05. The number of aldehydes is 1. The Morgan fingerprint density at radius 2 is 2.08 bits per heavy atom. The van der Waals surface area contributed by atoms with Gasteiger partial charge in [-0.1, -0.05) is 0 Å². The summed E-state index contributed by atoms with van der Waals surface area (Å²) in [7, 11) is 0. The molecular weight excluding hydrogens is 183 g/mol. The molecule has 1 rings (SSSR count). The minimum atomic E-state index is -4.52. The van der Waals surface area contributed by atoms with E-state index in [-0.39, 0.29) is 11.8 Å². The third-order valence-electron chi connectivity index (χ3n) is 1.51. The van der Waals surface area contributed by atoms with Gasteiger partial charge < -0.3 is 0 Å². The molecule has 0 saturated carbocycles. The van der Waals surface area contributed by atoms with Crippen LogP contribution in [0.1, 0.15) is 21.6 Å². The van der Waals surface area contributed by atoms with Gasteiger partial charge in [0.15, 0.2) is 6.29 Å². The average molecular weight is 189 g/mol. The monoisotopic (exact) mass is 189 g/mol. The summed E-state index contributed by atoms with van der Waals surface area (Å²) in [5.41, 5.74) is -0.983. The van der Waals surface area contributed by atoms with Crippen LogP contribution in [0.25, 0.3) is 0 Å². The molecule has 13 heavy (non-hydrogen) atoms. The van der Waals surface area contributed by atoms with Crippen LogP contribution in [0.15, 0.2) is 12.3 Å². The van der Waals surface area contributed by atoms with Crippen LogP contribution in [-0.2, 0) is 6.18 Å². The highest BCUT2D eigenvalue weighted by Crippen LogP contribution is 2.30. The molecule has 0 atom stereocenters. The largest absolute Gasteiger partial charge is 0.418 e. The number of hydrogen-bond acceptors (Lipinski definition) is 2. The summed E-state index contributed by atoms with van der Waals surface area (Å²) in [6, 6.07) is 1.11. The zero-order valence-electron chi connectivity index (χ0n) is 6.72. The van der Waals surface area contributed by atoms with E-state index in [9.17, 15) is 18.0 Å². The number of alkyl halides is 3. The van der Waals surface area contributed by atoms with E-state index in [1.54, 1.807) is 0 Å². The van der Waals surface area contributed by atoms with Gasteiger partial charge in [0, 0.05) is 17.5 Å². The van der Waals surface area contributed by atoms with Crippen molar-refractivity contribution in [1.82, 2.24) is 4.98 Å². The van der Waals surface area contributed by atoms with E-state index in [1.165, 1.54) is 6.92 Å². The third-order valence-corrected chi connectivity index (χ3v) is 1.51. The van der Waals surface area contributed by atoms with Crippen molar-refractivity contribution in [2.24, 2.45) is 0 Å². The lowest BCUT2D eigenvalue weighted by molar-refractivity contribution is -0.138. The van der Waals surface area contributed by atoms with Crippen LogP contribution < -0.4 is 0 Å². The summed E-state index contributed by atoms with van der Waals surface area (Å²) in [5, 5.41) is 0. The second-order valence-corrected chi connectivity index (χ2v) is 2.53. The number of halogens is 3. The summed E-state index contributed by atoms with van der Waals surface area (Å²) in [4.78, 5) is 13.8. The van der Waals surface area contributed by atoms with E-state index in [4.69, 9.17) is 0 Å². The number of pyridine rings is 1. The molecule has 0 saturated heterocycles. The molecule has 0 fully saturated rings. The molecule has 1 aromatic heterocycles. The van der Waals surface area contributed by atoms with Gasteiger partial charge in [-0.2, -0.15) is 13.2 Å². The summed E-state index contributed by atoms with van der Waals surface area (Å²) in [5.74, 6) is 0. The molecular formula is C8H6F3NO. The minimum Gasteiger partial charge on any atom is -0.298 e. The van der Waals surface area contributed by atoms with Gasteiger partial charge in [-0.25, -0.2) is 0 Å². The Morgan fingerprint density at radius 3 is 2.54 bits per heavy atom. The molecule has 1 heterocycles. The van der Waals surface area contributed by atoms with Gasteiger partial charge in [0.1, 0.15) is 0 Å². The zero-order valence-corrected chi connectivity index (χ0v) is 6.72. The lowest BCUT2D eigenvalue weighted by atomic mass is 10.1. The van der Waals surface area contributed by atoms with Gasteiger partial charge >= 0.3 is 6.18 Å². The van der Waals surface area contributed by atoms with Gasteiger partial charge in [-0.15, -0.1) is 0 Å². The second-order valence-electron chi connectivity index (χ2n) is 2.53. The topological polar surface area (TPSA) is 30.0 Å². The number of carbonyl (C=O) groups is 1. The van der Waals surface area contributed by atoms with Gasteiger partial charge in [0.05, 0.1) is 5.56 Å². The molecule has 0 aliphatic heterocycles. The molecule has 0 radical (unpaired) electrons. The minimum absolute atomic E-state index is 0.178. The van der Waals surface area contributed by atoms with Crippen LogP contribution in [0.2, 0.25) is 0 Å². The second kappa shape index (κ2) is 3.16. The highest BCUT2D eigenvalue weighted by molar-refractivity contribution is 5.77. The van der Waals surface area contributed by atoms with E-state index >= 15 is 0 Å². The number of hydrogen-bond donors (Lipinski definition) is 0. The van der Waals surface area contributed by atoms with E-state index in [0.717, 1.165) is 6.07 Å². The molecule has 0 spiro atoms. The summed E-state index contributed by atoms with van der Waals surface area (Å²) in [6.07, 6.45) is -3.67. The maximum Gasteiger partial charge on any atom is 0.418 e. The first-order valence-electron chi connectivity index (χ1n) is 3.44.